The molecule has 0 bridgehead atoms. The molecule has 0 saturated heterocycles. The van der Waals surface area contributed by atoms with Crippen molar-refractivity contribution >= 4 is 40.8 Å². The minimum absolute atomic E-state index is 0.139. The van der Waals surface area contributed by atoms with Crippen molar-refractivity contribution in [2.24, 2.45) is 0 Å². The lowest BCUT2D eigenvalue weighted by atomic mass is 9.97. The average molecular weight is 523 g/mol. The molecular weight excluding hydrogens is 508 g/mol. The second kappa shape index (κ2) is 10.2. The number of anilines is 1. The molecule has 3 aromatic carbocycles. The minimum atomic E-state index is -4.93. The Balaban J connectivity index is 2.10. The van der Waals surface area contributed by atoms with Gasteiger partial charge in [-0.15, -0.1) is 0 Å². The summed E-state index contributed by atoms with van der Waals surface area (Å²) in [5, 5.41) is 19.4. The molecule has 0 fully saturated rings. The van der Waals surface area contributed by atoms with E-state index in [1.165, 1.54) is 6.07 Å². The number of halogens is 5. The molecule has 0 aliphatic carbocycles. The molecule has 0 aliphatic heterocycles. The summed E-state index contributed by atoms with van der Waals surface area (Å²) in [4.78, 5) is 35.9. The molecule has 1 amide bonds. The number of amides is 1. The van der Waals surface area contributed by atoms with Crippen LogP contribution >= 0.6 is 11.6 Å². The lowest BCUT2D eigenvalue weighted by Gasteiger charge is -2.17. The van der Waals surface area contributed by atoms with Crippen LogP contribution in [-0.4, -0.2) is 35.8 Å². The highest BCUT2D eigenvalue weighted by atomic mass is 35.5. The maximum absolute atomic E-state index is 14.7. The summed E-state index contributed by atoms with van der Waals surface area (Å²) < 4.78 is 59.6. The zero-order chi connectivity index (χ0) is 26.8. The van der Waals surface area contributed by atoms with Crippen molar-refractivity contribution in [3.63, 3.8) is 0 Å². The van der Waals surface area contributed by atoms with Crippen molar-refractivity contribution in [1.82, 2.24) is 0 Å². The number of alkyl halides is 3. The van der Waals surface area contributed by atoms with Crippen LogP contribution in [0.2, 0.25) is 5.02 Å². The predicted octanol–water partition coefficient (Wildman–Crippen LogP) is 5.65. The second-order valence-electron chi connectivity index (χ2n) is 7.24. The van der Waals surface area contributed by atoms with Gasteiger partial charge in [0.25, 0.3) is 5.91 Å². The quantitative estimate of drug-likeness (QED) is 0.220. The number of methoxy groups -OCH3 is 1. The lowest BCUT2D eigenvalue weighted by Crippen LogP contribution is -2.21. The van der Waals surface area contributed by atoms with Crippen LogP contribution in [0.25, 0.3) is 0 Å². The van der Waals surface area contributed by atoms with Crippen LogP contribution in [-0.2, 0) is 10.9 Å². The van der Waals surface area contributed by atoms with E-state index >= 15 is 0 Å². The molecule has 0 atom stereocenters. The van der Waals surface area contributed by atoms with Crippen molar-refractivity contribution in [1.29, 1.82) is 5.41 Å². The Morgan fingerprint density at radius 2 is 1.64 bits per heavy atom. The third-order valence-corrected chi connectivity index (χ3v) is 5.30. The van der Waals surface area contributed by atoms with Gasteiger partial charge in [-0.1, -0.05) is 17.7 Å². The SMILES string of the molecule is COC(=O)c1ccc(C(=N)c2ccc(C(=O)O)cc2NC(=O)c2c(Cl)cccc2C(F)(F)F)c(F)c1. The maximum atomic E-state index is 14.7. The monoisotopic (exact) mass is 522 g/mol. The number of carboxylic acid groups (broad SMARTS) is 1. The highest BCUT2D eigenvalue weighted by Gasteiger charge is 2.36. The number of carboxylic acids is 1. The number of hydrogen-bond donors (Lipinski definition) is 3. The smallest absolute Gasteiger partial charge is 0.417 e. The maximum Gasteiger partial charge on any atom is 0.417 e. The van der Waals surface area contributed by atoms with Gasteiger partial charge in [0, 0.05) is 11.1 Å². The lowest BCUT2D eigenvalue weighted by molar-refractivity contribution is -0.137. The van der Waals surface area contributed by atoms with E-state index in [1.807, 2.05) is 0 Å². The van der Waals surface area contributed by atoms with Crippen LogP contribution in [0.15, 0.2) is 54.6 Å². The van der Waals surface area contributed by atoms with Crippen molar-refractivity contribution in [3.8, 4) is 0 Å². The van der Waals surface area contributed by atoms with Gasteiger partial charge in [0.15, 0.2) is 0 Å². The molecule has 3 aromatic rings. The summed E-state index contributed by atoms with van der Waals surface area (Å²) in [5.41, 5.74) is -4.23. The highest BCUT2D eigenvalue weighted by Crippen LogP contribution is 2.35. The summed E-state index contributed by atoms with van der Waals surface area (Å²) in [6.45, 7) is 0. The van der Waals surface area contributed by atoms with Crippen molar-refractivity contribution in [2.45, 2.75) is 6.18 Å². The number of nitrogens with one attached hydrogen (secondary N) is 2. The third kappa shape index (κ3) is 5.36. The number of aromatic carboxylic acids is 1. The first kappa shape index (κ1) is 26.4. The molecule has 7 nitrogen and oxygen atoms in total. The van der Waals surface area contributed by atoms with E-state index in [0.717, 1.165) is 49.6 Å². The second-order valence-corrected chi connectivity index (χ2v) is 7.65. The normalized spacial score (nSPS) is 11.1. The number of hydrogen-bond acceptors (Lipinski definition) is 5. The highest BCUT2D eigenvalue weighted by molar-refractivity contribution is 6.35. The molecule has 0 aliphatic rings. The van der Waals surface area contributed by atoms with E-state index in [-0.39, 0.29) is 27.9 Å². The van der Waals surface area contributed by atoms with Gasteiger partial charge in [-0.2, -0.15) is 13.2 Å². The van der Waals surface area contributed by atoms with E-state index in [2.05, 4.69) is 10.1 Å². The average Bonchev–Trinajstić information content (AvgIpc) is 2.82. The fraction of sp³-hybridized carbons (Fsp3) is 0.0833. The van der Waals surface area contributed by atoms with Crippen LogP contribution in [0.3, 0.4) is 0 Å². The molecule has 0 unspecified atom stereocenters. The first-order chi connectivity index (χ1) is 16.8. The molecule has 186 valence electrons. The van der Waals surface area contributed by atoms with Crippen LogP contribution < -0.4 is 5.32 Å². The Bertz CT molecular complexity index is 1410. The number of esters is 1. The van der Waals surface area contributed by atoms with Gasteiger partial charge >= 0.3 is 18.1 Å². The van der Waals surface area contributed by atoms with Gasteiger partial charge in [-0.25, -0.2) is 14.0 Å². The number of ether oxygens (including phenoxy) is 1. The molecule has 36 heavy (non-hydrogen) atoms. The minimum Gasteiger partial charge on any atom is -0.478 e. The Morgan fingerprint density at radius 3 is 2.22 bits per heavy atom. The summed E-state index contributed by atoms with van der Waals surface area (Å²) in [5.74, 6) is -4.59. The van der Waals surface area contributed by atoms with E-state index in [1.54, 1.807) is 0 Å². The van der Waals surface area contributed by atoms with Crippen LogP contribution in [0.5, 0.6) is 0 Å². The van der Waals surface area contributed by atoms with Crippen molar-refractivity contribution < 1.29 is 41.8 Å². The van der Waals surface area contributed by atoms with E-state index < -0.39 is 51.7 Å². The molecule has 3 rings (SSSR count). The zero-order valence-electron chi connectivity index (χ0n) is 18.2. The molecule has 12 heteroatoms. The van der Waals surface area contributed by atoms with Gasteiger partial charge < -0.3 is 15.2 Å². The van der Waals surface area contributed by atoms with Gasteiger partial charge in [-0.3, -0.25) is 10.2 Å². The molecule has 0 radical (unpaired) electrons. The van der Waals surface area contributed by atoms with Crippen LogP contribution in [0.1, 0.15) is 47.8 Å². The summed E-state index contributed by atoms with van der Waals surface area (Å²) in [6, 6.07) is 8.89. The Morgan fingerprint density at radius 1 is 1.00 bits per heavy atom. The van der Waals surface area contributed by atoms with E-state index in [9.17, 15) is 37.1 Å². The molecule has 0 heterocycles. The molecule has 0 spiro atoms. The number of carbonyl (C=O) groups excluding carboxylic acids is 2. The molecule has 3 N–H and O–H groups in total. The van der Waals surface area contributed by atoms with Gasteiger partial charge in [0.2, 0.25) is 0 Å². The third-order valence-electron chi connectivity index (χ3n) is 4.99. The first-order valence-corrected chi connectivity index (χ1v) is 10.2. The fourth-order valence-electron chi connectivity index (χ4n) is 3.28. The van der Waals surface area contributed by atoms with Crippen molar-refractivity contribution in [3.05, 3.63) is 98.8 Å². The van der Waals surface area contributed by atoms with E-state index in [4.69, 9.17) is 17.0 Å². The topological polar surface area (TPSA) is 117 Å². The van der Waals surface area contributed by atoms with Gasteiger partial charge in [-0.05, 0) is 48.5 Å². The summed E-state index contributed by atoms with van der Waals surface area (Å²) >= 11 is 5.87. The van der Waals surface area contributed by atoms with E-state index in [0.29, 0.717) is 6.07 Å². The number of rotatable bonds is 6. The summed E-state index contributed by atoms with van der Waals surface area (Å²) in [7, 11) is 1.10. The zero-order valence-corrected chi connectivity index (χ0v) is 18.9. The fourth-order valence-corrected chi connectivity index (χ4v) is 3.54. The van der Waals surface area contributed by atoms with Crippen molar-refractivity contribution in [2.75, 3.05) is 12.4 Å². The first-order valence-electron chi connectivity index (χ1n) is 9.86. The molecular formula is C24H15ClF4N2O5. The predicted molar refractivity (Wildman–Crippen MR) is 121 cm³/mol. The molecule has 0 aromatic heterocycles. The number of carbonyl (C=O) groups is 3. The van der Waals surface area contributed by atoms with Gasteiger partial charge in [0.05, 0.1) is 45.8 Å². The Kier molecular flexibility index (Phi) is 7.44. The molecule has 0 saturated carbocycles. The standard InChI is InChI=1S/C24H15ClF4N2O5/c1-36-23(35)12-6-7-13(17(26)9-12)20(30)14-8-5-11(22(33)34)10-18(14)31-21(32)19-15(24(27,28)29)3-2-4-16(19)25/h2-10,30H,1H3,(H,31,32)(H,33,34). The van der Waals surface area contributed by atoms with Crippen LogP contribution in [0.4, 0.5) is 23.2 Å². The Labute approximate surface area is 205 Å². The number of benzene rings is 3. The van der Waals surface area contributed by atoms with Gasteiger partial charge in [0.1, 0.15) is 5.82 Å². The van der Waals surface area contributed by atoms with Crippen LogP contribution in [0, 0.1) is 11.2 Å². The summed E-state index contributed by atoms with van der Waals surface area (Å²) in [6.07, 6.45) is -4.93. The largest absolute Gasteiger partial charge is 0.478 e. The Hall–Kier alpha value is -4.25.